The molecule has 1 aromatic heterocycles. The molecule has 0 aliphatic carbocycles. The fraction of sp³-hybridized carbons (Fsp3) is 0.786. The van der Waals surface area contributed by atoms with Crippen molar-refractivity contribution in [2.45, 2.75) is 51.9 Å². The van der Waals surface area contributed by atoms with E-state index in [0.29, 0.717) is 6.04 Å². The molecule has 0 bridgehead atoms. The fourth-order valence-corrected chi connectivity index (χ4v) is 2.31. The molecule has 112 valence electrons. The van der Waals surface area contributed by atoms with Gasteiger partial charge in [0.05, 0.1) is 17.2 Å². The Bertz CT molecular complexity index is 455. The van der Waals surface area contributed by atoms with Crippen LogP contribution in [0.3, 0.4) is 0 Å². The van der Waals surface area contributed by atoms with Crippen LogP contribution in [0.25, 0.3) is 0 Å². The first kappa shape index (κ1) is 15.5. The molecule has 2 rings (SSSR count). The van der Waals surface area contributed by atoms with Gasteiger partial charge in [-0.1, -0.05) is 0 Å². The Hall–Kier alpha value is -0.845. The third-order valence-electron chi connectivity index (χ3n) is 4.23. The largest absolute Gasteiger partial charge is 0.498 e. The minimum Gasteiger partial charge on any atom is -0.399 e. The maximum Gasteiger partial charge on any atom is 0.498 e. The van der Waals surface area contributed by atoms with Crippen molar-refractivity contribution in [3.8, 4) is 0 Å². The molecule has 0 spiro atoms. The van der Waals surface area contributed by atoms with Crippen molar-refractivity contribution in [3.63, 3.8) is 0 Å². The van der Waals surface area contributed by atoms with Crippen LogP contribution < -0.4 is 5.46 Å². The zero-order chi connectivity index (χ0) is 15.1. The minimum atomic E-state index is -0.333. The second-order valence-corrected chi connectivity index (χ2v) is 6.95. The molecule has 0 amide bonds. The molecule has 5 nitrogen and oxygen atoms in total. The van der Waals surface area contributed by atoms with E-state index in [1.54, 1.807) is 0 Å². The molecule has 1 saturated heterocycles. The van der Waals surface area contributed by atoms with E-state index >= 15 is 0 Å². The molecule has 0 N–H and O–H groups in total. The van der Waals surface area contributed by atoms with Gasteiger partial charge in [0.1, 0.15) is 0 Å². The van der Waals surface area contributed by atoms with Gasteiger partial charge in [-0.3, -0.25) is 4.68 Å². The predicted octanol–water partition coefficient (Wildman–Crippen LogP) is 1.30. The summed E-state index contributed by atoms with van der Waals surface area (Å²) in [5.74, 6) is 0. The quantitative estimate of drug-likeness (QED) is 0.779. The van der Waals surface area contributed by atoms with Crippen molar-refractivity contribution < 1.29 is 9.31 Å². The highest BCUT2D eigenvalue weighted by Crippen LogP contribution is 2.36. The van der Waals surface area contributed by atoms with E-state index in [4.69, 9.17) is 9.31 Å². The lowest BCUT2D eigenvalue weighted by atomic mass is 9.82. The highest BCUT2D eigenvalue weighted by atomic mass is 16.7. The minimum absolute atomic E-state index is 0.310. The van der Waals surface area contributed by atoms with Crippen LogP contribution in [-0.2, 0) is 9.31 Å². The average Bonchev–Trinajstić information content (AvgIpc) is 2.81. The summed E-state index contributed by atoms with van der Waals surface area (Å²) >= 11 is 0. The first-order valence-corrected chi connectivity index (χ1v) is 7.17. The molecule has 0 saturated carbocycles. The molecule has 1 unspecified atom stereocenters. The van der Waals surface area contributed by atoms with Crippen LogP contribution in [0, 0.1) is 0 Å². The maximum atomic E-state index is 6.04. The highest BCUT2D eigenvalue weighted by Gasteiger charge is 2.52. The van der Waals surface area contributed by atoms with E-state index in [1.807, 2.05) is 17.1 Å². The van der Waals surface area contributed by atoms with E-state index in [9.17, 15) is 0 Å². The first-order valence-electron chi connectivity index (χ1n) is 7.17. The number of aromatic nitrogens is 2. The Kier molecular flexibility index (Phi) is 4.02. The van der Waals surface area contributed by atoms with Gasteiger partial charge < -0.3 is 14.2 Å². The molecular formula is C14H26BN3O2. The lowest BCUT2D eigenvalue weighted by molar-refractivity contribution is 0.00578. The second-order valence-electron chi connectivity index (χ2n) is 6.95. The van der Waals surface area contributed by atoms with Crippen molar-refractivity contribution in [2.24, 2.45) is 0 Å². The maximum absolute atomic E-state index is 6.04. The van der Waals surface area contributed by atoms with Crippen molar-refractivity contribution >= 4 is 12.6 Å². The van der Waals surface area contributed by atoms with Crippen LogP contribution in [0.2, 0.25) is 0 Å². The Morgan fingerprint density at radius 1 is 1.25 bits per heavy atom. The Morgan fingerprint density at radius 3 is 2.30 bits per heavy atom. The monoisotopic (exact) mass is 279 g/mol. The lowest BCUT2D eigenvalue weighted by Crippen LogP contribution is -2.41. The van der Waals surface area contributed by atoms with Gasteiger partial charge in [0.15, 0.2) is 0 Å². The van der Waals surface area contributed by atoms with Gasteiger partial charge >= 0.3 is 7.12 Å². The molecule has 1 aliphatic rings. The summed E-state index contributed by atoms with van der Waals surface area (Å²) in [4.78, 5) is 2.15. The van der Waals surface area contributed by atoms with Gasteiger partial charge in [0.2, 0.25) is 0 Å². The smallest absolute Gasteiger partial charge is 0.399 e. The molecule has 20 heavy (non-hydrogen) atoms. The molecule has 0 aromatic carbocycles. The van der Waals surface area contributed by atoms with E-state index < -0.39 is 0 Å². The summed E-state index contributed by atoms with van der Waals surface area (Å²) < 4.78 is 14.0. The standard InChI is InChI=1S/C14H26BN3O2/c1-11(9-17(6)7)18-10-12(8-16-18)15-19-13(2,3)14(4,5)20-15/h8,10-11H,9H2,1-7H3. The number of nitrogens with zero attached hydrogens (tertiary/aromatic N) is 3. The Labute approximate surface area is 122 Å². The summed E-state index contributed by atoms with van der Waals surface area (Å²) in [5, 5.41) is 4.44. The predicted molar refractivity (Wildman–Crippen MR) is 81.2 cm³/mol. The summed E-state index contributed by atoms with van der Waals surface area (Å²) in [5.41, 5.74) is 0.360. The lowest BCUT2D eigenvalue weighted by Gasteiger charge is -2.32. The summed E-state index contributed by atoms with van der Waals surface area (Å²) in [6, 6.07) is 0.321. The van der Waals surface area contributed by atoms with Gasteiger partial charge in [-0.15, -0.1) is 0 Å². The topological polar surface area (TPSA) is 39.5 Å². The van der Waals surface area contributed by atoms with Crippen LogP contribution in [-0.4, -0.2) is 53.6 Å². The molecule has 0 radical (unpaired) electrons. The van der Waals surface area contributed by atoms with Crippen molar-refractivity contribution in [1.82, 2.24) is 14.7 Å². The van der Waals surface area contributed by atoms with Gasteiger partial charge in [-0.2, -0.15) is 5.10 Å². The van der Waals surface area contributed by atoms with Crippen LogP contribution in [0.5, 0.6) is 0 Å². The third-order valence-corrected chi connectivity index (χ3v) is 4.23. The zero-order valence-electron chi connectivity index (χ0n) is 13.7. The van der Waals surface area contributed by atoms with Crippen molar-refractivity contribution in [2.75, 3.05) is 20.6 Å². The summed E-state index contributed by atoms with van der Waals surface area (Å²) in [6.45, 7) is 11.3. The normalized spacial score (nSPS) is 22.5. The van der Waals surface area contributed by atoms with Gasteiger partial charge in [-0.05, 0) is 48.7 Å². The molecular weight excluding hydrogens is 253 g/mol. The fourth-order valence-electron chi connectivity index (χ4n) is 2.31. The Morgan fingerprint density at radius 2 is 1.80 bits per heavy atom. The Balaban J connectivity index is 2.11. The van der Waals surface area contributed by atoms with Crippen LogP contribution in [0.1, 0.15) is 40.7 Å². The third kappa shape index (κ3) is 2.92. The van der Waals surface area contributed by atoms with Gasteiger partial charge in [0, 0.05) is 24.4 Å². The van der Waals surface area contributed by atoms with E-state index in [1.165, 1.54) is 0 Å². The first-order chi connectivity index (χ1) is 9.12. The SMILES string of the molecule is CC(CN(C)C)n1cc(B2OC(C)(C)C(C)(C)O2)cn1. The number of hydrogen-bond acceptors (Lipinski definition) is 4. The molecule has 2 heterocycles. The summed E-state index contributed by atoms with van der Waals surface area (Å²) in [7, 11) is 3.80. The molecule has 1 fully saturated rings. The number of rotatable bonds is 4. The van der Waals surface area contributed by atoms with Crippen molar-refractivity contribution in [3.05, 3.63) is 12.4 Å². The van der Waals surface area contributed by atoms with Crippen molar-refractivity contribution in [1.29, 1.82) is 0 Å². The molecule has 1 atom stereocenters. The summed E-state index contributed by atoms with van der Waals surface area (Å²) in [6.07, 6.45) is 3.87. The van der Waals surface area contributed by atoms with Crippen LogP contribution >= 0.6 is 0 Å². The van der Waals surface area contributed by atoms with Gasteiger partial charge in [-0.25, -0.2) is 0 Å². The zero-order valence-corrected chi connectivity index (χ0v) is 13.7. The number of hydrogen-bond donors (Lipinski definition) is 0. The second kappa shape index (κ2) is 5.17. The van der Waals surface area contributed by atoms with E-state index in [2.05, 4.69) is 58.7 Å². The molecule has 1 aromatic rings. The van der Waals surface area contributed by atoms with Crippen LogP contribution in [0.15, 0.2) is 12.4 Å². The van der Waals surface area contributed by atoms with E-state index in [0.717, 1.165) is 12.0 Å². The van der Waals surface area contributed by atoms with Crippen LogP contribution in [0.4, 0.5) is 0 Å². The molecule has 1 aliphatic heterocycles. The van der Waals surface area contributed by atoms with Gasteiger partial charge in [0.25, 0.3) is 0 Å². The average molecular weight is 279 g/mol. The molecule has 6 heteroatoms. The highest BCUT2D eigenvalue weighted by molar-refractivity contribution is 6.61. The number of likely N-dealkylation sites (N-methyl/N-ethyl adjacent to an activating group) is 1. The van der Waals surface area contributed by atoms with E-state index in [-0.39, 0.29) is 18.3 Å².